The van der Waals surface area contributed by atoms with Crippen LogP contribution in [-0.2, 0) is 0 Å². The van der Waals surface area contributed by atoms with Crippen molar-refractivity contribution >= 4 is 11.6 Å². The molecule has 0 saturated carbocycles. The van der Waals surface area contributed by atoms with Crippen LogP contribution in [0.5, 0.6) is 17.2 Å². The van der Waals surface area contributed by atoms with Crippen LogP contribution in [0.25, 0.3) is 0 Å². The molecule has 2 aliphatic heterocycles. The minimum absolute atomic E-state index is 0.0546. The van der Waals surface area contributed by atoms with E-state index in [4.69, 9.17) is 25.8 Å². The van der Waals surface area contributed by atoms with Crippen molar-refractivity contribution in [3.8, 4) is 17.2 Å². The number of hydrogen-bond donors (Lipinski definition) is 0. The van der Waals surface area contributed by atoms with Gasteiger partial charge in [-0.15, -0.1) is 0 Å². The zero-order valence-electron chi connectivity index (χ0n) is 14.9. The zero-order valence-corrected chi connectivity index (χ0v) is 17.8. The van der Waals surface area contributed by atoms with E-state index in [9.17, 15) is 0 Å². The van der Waals surface area contributed by atoms with Gasteiger partial charge < -0.3 is 0 Å². The topological polar surface area (TPSA) is 30.9 Å². The Morgan fingerprint density at radius 1 is 1.27 bits per heavy atom. The molecule has 140 valence electrons. The first-order chi connectivity index (χ1) is 12.6. The van der Waals surface area contributed by atoms with Crippen LogP contribution in [0.1, 0.15) is 27.6 Å². The minimum atomic E-state index is -0.0546. The van der Waals surface area contributed by atoms with E-state index in [2.05, 4.69) is 31.1 Å². The summed E-state index contributed by atoms with van der Waals surface area (Å²) in [4.78, 5) is 2.18. The van der Waals surface area contributed by atoms with Gasteiger partial charge in [0.05, 0.1) is 0 Å². The molecule has 1 fully saturated rings. The standard InChI is InChI=1S/C20H22ClINO3/c1-23(2)9-8-17(13-6-7-15(21)14(10-13)16-11-22-16)26-19-5-3-4-18-20(19)25-12-24-18/h3-7,10,16-17H,8-9,11-12H2,1-2H3/q-1. The van der Waals surface area contributed by atoms with Crippen LogP contribution in [0.2, 0.25) is 5.02 Å². The Morgan fingerprint density at radius 2 is 2.12 bits per heavy atom. The van der Waals surface area contributed by atoms with Crippen molar-refractivity contribution < 1.29 is 35.4 Å². The number of ether oxygens (including phenoxy) is 3. The second kappa shape index (κ2) is 7.82. The Labute approximate surface area is 169 Å². The van der Waals surface area contributed by atoms with Crippen molar-refractivity contribution in [2.45, 2.75) is 16.4 Å². The first kappa shape index (κ1) is 18.2. The van der Waals surface area contributed by atoms with Crippen molar-refractivity contribution in [2.24, 2.45) is 0 Å². The predicted molar refractivity (Wildman–Crippen MR) is 98.2 cm³/mol. The molecular weight excluding hydrogens is 465 g/mol. The number of hydrogen-bond acceptors (Lipinski definition) is 4. The average Bonchev–Trinajstić information content (AvgIpc) is 3.35. The van der Waals surface area contributed by atoms with Gasteiger partial charge in [0.1, 0.15) is 0 Å². The molecule has 4 rings (SSSR count). The summed E-state index contributed by atoms with van der Waals surface area (Å²) in [5.41, 5.74) is 2.48. The number of rotatable bonds is 7. The number of halogens is 2. The zero-order chi connectivity index (χ0) is 18.1. The molecule has 0 aliphatic carbocycles. The van der Waals surface area contributed by atoms with Gasteiger partial charge in [-0.1, -0.05) is 0 Å². The summed E-state index contributed by atoms with van der Waals surface area (Å²) < 4.78 is 19.6. The van der Waals surface area contributed by atoms with Gasteiger partial charge in [-0.2, -0.15) is 0 Å². The summed E-state index contributed by atoms with van der Waals surface area (Å²) in [6, 6.07) is 12.2. The summed E-state index contributed by atoms with van der Waals surface area (Å²) in [7, 11) is 4.16. The molecule has 0 N–H and O–H groups in total. The van der Waals surface area contributed by atoms with E-state index >= 15 is 0 Å². The molecule has 6 heteroatoms. The van der Waals surface area contributed by atoms with E-state index in [1.807, 2.05) is 24.3 Å². The molecule has 0 bridgehead atoms. The quantitative estimate of drug-likeness (QED) is 0.436. The van der Waals surface area contributed by atoms with Crippen molar-refractivity contribution in [1.29, 1.82) is 0 Å². The van der Waals surface area contributed by atoms with Gasteiger partial charge >= 0.3 is 170 Å². The molecule has 2 aromatic rings. The molecule has 2 unspecified atom stereocenters. The van der Waals surface area contributed by atoms with Gasteiger partial charge in [-0.25, -0.2) is 0 Å². The average molecular weight is 487 g/mol. The van der Waals surface area contributed by atoms with Crippen LogP contribution in [0.4, 0.5) is 0 Å². The summed E-state index contributed by atoms with van der Waals surface area (Å²) in [6.45, 7) is 1.18. The second-order valence-corrected chi connectivity index (χ2v) is 10.4. The maximum atomic E-state index is 6.43. The number of benzene rings is 2. The van der Waals surface area contributed by atoms with E-state index in [1.165, 1.54) is 15.6 Å². The fourth-order valence-corrected chi connectivity index (χ4v) is 5.18. The van der Waals surface area contributed by atoms with Crippen molar-refractivity contribution in [3.05, 3.63) is 52.5 Å². The summed E-state index contributed by atoms with van der Waals surface area (Å²) in [5.74, 6) is 2.18. The molecule has 2 heterocycles. The predicted octanol–water partition coefficient (Wildman–Crippen LogP) is 1.28. The van der Waals surface area contributed by atoms with E-state index in [1.54, 1.807) is 0 Å². The first-order valence-electron chi connectivity index (χ1n) is 8.69. The SMILES string of the molecule is CN(C)CCC(Oc1cccc2c1OCO2)c1ccc(Cl)c(C2C[I-]2)c1. The van der Waals surface area contributed by atoms with Crippen LogP contribution in [-0.4, -0.2) is 36.8 Å². The number of para-hydroxylation sites is 1. The molecule has 4 nitrogen and oxygen atoms in total. The van der Waals surface area contributed by atoms with Gasteiger partial charge in [0.2, 0.25) is 0 Å². The Morgan fingerprint density at radius 3 is 2.88 bits per heavy atom. The van der Waals surface area contributed by atoms with Gasteiger partial charge in [0, 0.05) is 0 Å². The first-order valence-corrected chi connectivity index (χ1v) is 11.8. The van der Waals surface area contributed by atoms with E-state index in [-0.39, 0.29) is 12.9 Å². The molecular formula is C20H22ClINO3-. The third kappa shape index (κ3) is 4.05. The Hall–Kier alpha value is -1.18. The molecule has 2 atom stereocenters. The summed E-state index contributed by atoms with van der Waals surface area (Å²) >= 11 is 6.74. The van der Waals surface area contributed by atoms with E-state index in [0.29, 0.717) is 30.9 Å². The molecule has 0 radical (unpaired) electrons. The van der Waals surface area contributed by atoms with Crippen LogP contribution in [0, 0.1) is 0 Å². The molecule has 0 spiro atoms. The summed E-state index contributed by atoms with van der Waals surface area (Å²) in [6.07, 6.45) is 0.833. The Bertz CT molecular complexity index is 795. The van der Waals surface area contributed by atoms with Crippen molar-refractivity contribution in [2.75, 3.05) is 31.9 Å². The Balaban J connectivity index is 1.62. The monoisotopic (exact) mass is 486 g/mol. The number of alkyl halides is 2. The van der Waals surface area contributed by atoms with Crippen LogP contribution in [0.15, 0.2) is 36.4 Å². The van der Waals surface area contributed by atoms with E-state index < -0.39 is 0 Å². The van der Waals surface area contributed by atoms with Crippen LogP contribution in [0.3, 0.4) is 0 Å². The van der Waals surface area contributed by atoms with Gasteiger partial charge in [0.25, 0.3) is 0 Å². The normalized spacial score (nSPS) is 19.2. The second-order valence-electron chi connectivity index (χ2n) is 6.75. The van der Waals surface area contributed by atoms with Crippen LogP contribution >= 0.6 is 11.6 Å². The van der Waals surface area contributed by atoms with Gasteiger partial charge in [-0.05, 0) is 0 Å². The molecule has 2 aromatic carbocycles. The van der Waals surface area contributed by atoms with Gasteiger partial charge in [0.15, 0.2) is 0 Å². The fraction of sp³-hybridized carbons (Fsp3) is 0.400. The number of fused-ring (bicyclic) bond motifs is 1. The molecule has 1 saturated heterocycles. The maximum absolute atomic E-state index is 6.43. The third-order valence-electron chi connectivity index (χ3n) is 4.51. The third-order valence-corrected chi connectivity index (χ3v) is 7.28. The number of nitrogens with zero attached hydrogens (tertiary/aromatic N) is 1. The fourth-order valence-electron chi connectivity index (χ4n) is 3.03. The van der Waals surface area contributed by atoms with E-state index in [0.717, 1.165) is 29.5 Å². The molecule has 2 aliphatic rings. The summed E-state index contributed by atoms with van der Waals surface area (Å²) in [5, 5.41) is 0.889. The Kier molecular flexibility index (Phi) is 5.47. The molecule has 0 amide bonds. The van der Waals surface area contributed by atoms with Gasteiger partial charge in [-0.3, -0.25) is 0 Å². The molecule has 26 heavy (non-hydrogen) atoms. The van der Waals surface area contributed by atoms with Crippen molar-refractivity contribution in [1.82, 2.24) is 4.90 Å². The molecule has 0 aromatic heterocycles. The van der Waals surface area contributed by atoms with Crippen molar-refractivity contribution in [3.63, 3.8) is 0 Å². The van der Waals surface area contributed by atoms with Crippen LogP contribution < -0.4 is 35.4 Å².